The van der Waals surface area contributed by atoms with Crippen LogP contribution in [0.3, 0.4) is 0 Å². The second-order valence-electron chi connectivity index (χ2n) is 7.85. The van der Waals surface area contributed by atoms with Crippen LogP contribution in [0.15, 0.2) is 42.5 Å². The molecule has 0 aromatic heterocycles. The lowest BCUT2D eigenvalue weighted by molar-refractivity contribution is -0.140. The first-order chi connectivity index (χ1) is 13.7. The highest BCUT2D eigenvalue weighted by Gasteiger charge is 2.46. The number of carbonyl (C=O) groups is 3. The number of hydrogen-bond donors (Lipinski definition) is 0. The molecular formula is C22H29NO6. The van der Waals surface area contributed by atoms with Crippen LogP contribution < -0.4 is 0 Å². The number of ether oxygens (including phenoxy) is 3. The van der Waals surface area contributed by atoms with Crippen molar-refractivity contribution in [3.63, 3.8) is 0 Å². The molecular weight excluding hydrogens is 374 g/mol. The number of cyclic esters (lactones) is 1. The van der Waals surface area contributed by atoms with E-state index in [9.17, 15) is 14.4 Å². The Morgan fingerprint density at radius 3 is 2.52 bits per heavy atom. The van der Waals surface area contributed by atoms with E-state index in [-0.39, 0.29) is 5.97 Å². The Balaban J connectivity index is 2.13. The van der Waals surface area contributed by atoms with Crippen molar-refractivity contribution in [1.29, 1.82) is 0 Å². The van der Waals surface area contributed by atoms with Gasteiger partial charge in [-0.3, -0.25) is 4.79 Å². The van der Waals surface area contributed by atoms with Crippen LogP contribution in [-0.4, -0.2) is 47.9 Å². The quantitative estimate of drug-likeness (QED) is 0.293. The van der Waals surface area contributed by atoms with Crippen molar-refractivity contribution in [2.24, 2.45) is 0 Å². The Hall–Kier alpha value is -2.83. The number of imide groups is 1. The summed E-state index contributed by atoms with van der Waals surface area (Å²) in [5.41, 5.74) is 0.254. The maximum atomic E-state index is 12.6. The lowest BCUT2D eigenvalue weighted by atomic mass is 10.00. The molecule has 1 aromatic carbocycles. The van der Waals surface area contributed by atoms with E-state index >= 15 is 0 Å². The zero-order chi connectivity index (χ0) is 21.4. The second-order valence-corrected chi connectivity index (χ2v) is 7.85. The van der Waals surface area contributed by atoms with Crippen molar-refractivity contribution in [3.05, 3.63) is 48.0 Å². The van der Waals surface area contributed by atoms with Crippen molar-refractivity contribution in [3.8, 4) is 0 Å². The number of rotatable bonds is 7. The van der Waals surface area contributed by atoms with Gasteiger partial charge in [-0.05, 0) is 51.7 Å². The molecule has 0 N–H and O–H groups in total. The largest absolute Gasteiger partial charge is 0.469 e. The normalized spacial score (nSPS) is 19.3. The van der Waals surface area contributed by atoms with Gasteiger partial charge in [0.05, 0.1) is 13.2 Å². The van der Waals surface area contributed by atoms with Gasteiger partial charge in [-0.1, -0.05) is 36.4 Å². The summed E-state index contributed by atoms with van der Waals surface area (Å²) in [5, 5.41) is 0. The van der Waals surface area contributed by atoms with Crippen LogP contribution in [0.25, 0.3) is 0 Å². The van der Waals surface area contributed by atoms with Crippen molar-refractivity contribution in [1.82, 2.24) is 4.90 Å². The van der Waals surface area contributed by atoms with E-state index in [0.29, 0.717) is 25.7 Å². The lowest BCUT2D eigenvalue weighted by Crippen LogP contribution is -2.44. The molecule has 0 aliphatic carbocycles. The number of carbonyl (C=O) groups excluding carboxylic acids is 3. The topological polar surface area (TPSA) is 82.1 Å². The van der Waals surface area contributed by atoms with E-state index in [0.717, 1.165) is 10.5 Å². The molecule has 158 valence electrons. The van der Waals surface area contributed by atoms with Crippen molar-refractivity contribution in [2.75, 3.05) is 7.11 Å². The number of unbranched alkanes of at least 4 members (excludes halogenated alkanes) is 1. The van der Waals surface area contributed by atoms with Crippen molar-refractivity contribution in [2.45, 2.75) is 64.2 Å². The van der Waals surface area contributed by atoms with Crippen molar-refractivity contribution < 1.29 is 28.6 Å². The number of allylic oxidation sites excluding steroid dienone is 1. The SMILES string of the molecule is COC(=O)CCC/C=C/C1OC(=O)N(C(=O)OC(C)(C)C)C1Cc1ccccc1. The first kappa shape index (κ1) is 22.5. The highest BCUT2D eigenvalue weighted by Crippen LogP contribution is 2.26. The minimum absolute atomic E-state index is 0.260. The predicted molar refractivity (Wildman–Crippen MR) is 107 cm³/mol. The number of hydrogen-bond acceptors (Lipinski definition) is 6. The highest BCUT2D eigenvalue weighted by atomic mass is 16.6. The minimum Gasteiger partial charge on any atom is -0.469 e. The Bertz CT molecular complexity index is 737. The molecule has 29 heavy (non-hydrogen) atoms. The highest BCUT2D eigenvalue weighted by molar-refractivity contribution is 5.90. The van der Waals surface area contributed by atoms with Gasteiger partial charge in [-0.25, -0.2) is 14.5 Å². The standard InChI is InChI=1S/C22H29NO6/c1-22(2,3)29-21(26)23-17(15-16-11-7-5-8-12-16)18(28-20(23)25)13-9-6-10-14-19(24)27-4/h5,7-9,11-13,17-18H,6,10,14-15H2,1-4H3/b13-9+. The molecule has 2 rings (SSSR count). The Morgan fingerprint density at radius 1 is 1.21 bits per heavy atom. The summed E-state index contributed by atoms with van der Waals surface area (Å²) in [7, 11) is 1.36. The van der Waals surface area contributed by atoms with Gasteiger partial charge in [0.2, 0.25) is 0 Å². The molecule has 7 nitrogen and oxygen atoms in total. The molecule has 0 saturated carbocycles. The van der Waals surface area contributed by atoms with Gasteiger partial charge in [0.15, 0.2) is 0 Å². The molecule has 1 aromatic rings. The van der Waals surface area contributed by atoms with E-state index in [2.05, 4.69) is 4.74 Å². The van der Waals surface area contributed by atoms with Crippen molar-refractivity contribution >= 4 is 18.2 Å². The van der Waals surface area contributed by atoms with E-state index in [1.807, 2.05) is 36.4 Å². The molecule has 1 aliphatic rings. The summed E-state index contributed by atoms with van der Waals surface area (Å²) in [6, 6.07) is 9.08. The second kappa shape index (κ2) is 10.1. The average Bonchev–Trinajstić information content (AvgIpc) is 2.95. The van der Waals surface area contributed by atoms with Gasteiger partial charge in [0, 0.05) is 6.42 Å². The van der Waals surface area contributed by atoms with Crippen LogP contribution in [0.1, 0.15) is 45.6 Å². The van der Waals surface area contributed by atoms with Crippen LogP contribution in [0.4, 0.5) is 9.59 Å². The Morgan fingerprint density at radius 2 is 1.90 bits per heavy atom. The zero-order valence-corrected chi connectivity index (χ0v) is 17.4. The first-order valence-electron chi connectivity index (χ1n) is 9.71. The van der Waals surface area contributed by atoms with E-state index in [1.165, 1.54) is 7.11 Å². The number of nitrogens with zero attached hydrogens (tertiary/aromatic N) is 1. The predicted octanol–water partition coefficient (Wildman–Crippen LogP) is 4.25. The van der Waals surface area contributed by atoms with Gasteiger partial charge in [-0.15, -0.1) is 0 Å². The third-order valence-corrected chi connectivity index (χ3v) is 4.33. The first-order valence-corrected chi connectivity index (χ1v) is 9.71. The maximum absolute atomic E-state index is 12.6. The number of amides is 2. The summed E-state index contributed by atoms with van der Waals surface area (Å²) < 4.78 is 15.5. The molecule has 2 unspecified atom stereocenters. The van der Waals surface area contributed by atoms with Crippen LogP contribution in [-0.2, 0) is 25.4 Å². The molecule has 2 atom stereocenters. The fourth-order valence-electron chi connectivity index (χ4n) is 2.98. The minimum atomic E-state index is -0.726. The van der Waals surface area contributed by atoms with Crippen LogP contribution in [0, 0.1) is 0 Å². The molecule has 1 heterocycles. The lowest BCUT2D eigenvalue weighted by Gasteiger charge is -2.26. The van der Waals surface area contributed by atoms with Gasteiger partial charge in [0.25, 0.3) is 0 Å². The number of methoxy groups -OCH3 is 1. The molecule has 0 radical (unpaired) electrons. The third-order valence-electron chi connectivity index (χ3n) is 4.33. The van der Waals surface area contributed by atoms with Crippen LogP contribution in [0.5, 0.6) is 0 Å². The molecule has 1 saturated heterocycles. The molecule has 0 bridgehead atoms. The van der Waals surface area contributed by atoms with E-state index < -0.39 is 29.9 Å². The molecule has 7 heteroatoms. The van der Waals surface area contributed by atoms with Gasteiger partial charge < -0.3 is 14.2 Å². The summed E-state index contributed by atoms with van der Waals surface area (Å²) in [4.78, 5) is 37.3. The fourth-order valence-corrected chi connectivity index (χ4v) is 2.98. The van der Waals surface area contributed by atoms with Crippen LogP contribution in [0.2, 0.25) is 0 Å². The van der Waals surface area contributed by atoms with Gasteiger partial charge >= 0.3 is 18.2 Å². The van der Waals surface area contributed by atoms with Gasteiger partial charge in [-0.2, -0.15) is 0 Å². The fraction of sp³-hybridized carbons (Fsp3) is 0.500. The van der Waals surface area contributed by atoms with Crippen LogP contribution >= 0.6 is 0 Å². The summed E-state index contributed by atoms with van der Waals surface area (Å²) in [5.74, 6) is -0.260. The third kappa shape index (κ3) is 6.93. The van der Waals surface area contributed by atoms with Gasteiger partial charge in [0.1, 0.15) is 11.7 Å². The summed E-state index contributed by atoms with van der Waals surface area (Å²) >= 11 is 0. The Kier molecular flexibility index (Phi) is 7.82. The summed E-state index contributed by atoms with van der Waals surface area (Å²) in [6.07, 6.45) is 3.63. The van der Waals surface area contributed by atoms with E-state index in [4.69, 9.17) is 9.47 Å². The maximum Gasteiger partial charge on any atom is 0.420 e. The Labute approximate surface area is 171 Å². The molecule has 2 amide bonds. The smallest absolute Gasteiger partial charge is 0.420 e. The summed E-state index contributed by atoms with van der Waals surface area (Å²) in [6.45, 7) is 5.24. The van der Waals surface area contributed by atoms with E-state index in [1.54, 1.807) is 26.8 Å². The average molecular weight is 403 g/mol. The number of benzene rings is 1. The molecule has 1 fully saturated rings. The molecule has 0 spiro atoms. The zero-order valence-electron chi connectivity index (χ0n) is 17.4. The number of esters is 1. The molecule has 1 aliphatic heterocycles. The monoisotopic (exact) mass is 403 g/mol.